The molecule has 0 bridgehead atoms. The molecule has 1 aromatic carbocycles. The van der Waals surface area contributed by atoms with E-state index in [1.54, 1.807) is 0 Å². The normalized spacial score (nSPS) is 16.8. The number of aromatic nitrogens is 2. The molecule has 29 heavy (non-hydrogen) atoms. The molecule has 2 aromatic rings. The zero-order valence-corrected chi connectivity index (χ0v) is 19.7. The van der Waals surface area contributed by atoms with Gasteiger partial charge in [-0.05, 0) is 25.0 Å². The van der Waals surface area contributed by atoms with Crippen molar-refractivity contribution in [2.45, 2.75) is 46.3 Å². The minimum atomic E-state index is 0. The summed E-state index contributed by atoms with van der Waals surface area (Å²) in [6.07, 6.45) is 4.28. The van der Waals surface area contributed by atoms with Crippen molar-refractivity contribution in [2.24, 2.45) is 10.9 Å². The fourth-order valence-corrected chi connectivity index (χ4v) is 3.38. The highest BCUT2D eigenvalue weighted by atomic mass is 127. The number of hydrogen-bond donors (Lipinski definition) is 2. The molecule has 2 heterocycles. The zero-order valence-electron chi connectivity index (χ0n) is 17.3. The number of para-hydroxylation sites is 1. The third-order valence-corrected chi connectivity index (χ3v) is 4.62. The highest BCUT2D eigenvalue weighted by Gasteiger charge is 2.31. The van der Waals surface area contributed by atoms with Gasteiger partial charge in [-0.3, -0.25) is 4.79 Å². The van der Waals surface area contributed by atoms with Crippen molar-refractivity contribution in [1.82, 2.24) is 20.2 Å². The number of benzene rings is 1. The molecule has 0 spiro atoms. The summed E-state index contributed by atoms with van der Waals surface area (Å²) in [5.74, 6) is 2.34. The highest BCUT2D eigenvalue weighted by Crippen LogP contribution is 2.21. The van der Waals surface area contributed by atoms with E-state index in [1.807, 2.05) is 54.5 Å². The van der Waals surface area contributed by atoms with Crippen molar-refractivity contribution in [3.63, 3.8) is 0 Å². The van der Waals surface area contributed by atoms with Crippen LogP contribution in [0, 0.1) is 5.92 Å². The maximum absolute atomic E-state index is 12.4. The highest BCUT2D eigenvalue weighted by molar-refractivity contribution is 14.0. The Kier molecular flexibility index (Phi) is 8.94. The lowest BCUT2D eigenvalue weighted by Gasteiger charge is -2.19. The third-order valence-electron chi connectivity index (χ3n) is 4.62. The molecule has 8 heteroatoms. The van der Waals surface area contributed by atoms with Crippen LogP contribution in [0.2, 0.25) is 0 Å². The zero-order chi connectivity index (χ0) is 19.9. The monoisotopic (exact) mass is 510 g/mol. The van der Waals surface area contributed by atoms with E-state index in [2.05, 4.69) is 34.0 Å². The molecule has 1 aliphatic heterocycles. The summed E-state index contributed by atoms with van der Waals surface area (Å²) in [7, 11) is 0. The first-order valence-corrected chi connectivity index (χ1v) is 9.97. The van der Waals surface area contributed by atoms with Gasteiger partial charge in [0.2, 0.25) is 5.91 Å². The van der Waals surface area contributed by atoms with Gasteiger partial charge in [-0.25, -0.2) is 9.98 Å². The van der Waals surface area contributed by atoms with Crippen molar-refractivity contribution in [2.75, 3.05) is 18.0 Å². The fraction of sp³-hybridized carbons (Fsp3) is 0.476. The number of rotatable bonds is 7. The molecule has 7 nitrogen and oxygen atoms in total. The number of anilines is 1. The lowest BCUT2D eigenvalue weighted by molar-refractivity contribution is -0.117. The minimum absolute atomic E-state index is 0. The second kappa shape index (κ2) is 11.2. The molecule has 0 aliphatic carbocycles. The van der Waals surface area contributed by atoms with E-state index in [4.69, 9.17) is 4.99 Å². The van der Waals surface area contributed by atoms with E-state index in [9.17, 15) is 4.79 Å². The first-order chi connectivity index (χ1) is 13.6. The van der Waals surface area contributed by atoms with Gasteiger partial charge >= 0.3 is 0 Å². The van der Waals surface area contributed by atoms with Gasteiger partial charge in [0.05, 0.1) is 6.04 Å². The molecule has 2 N–H and O–H groups in total. The Morgan fingerprint density at radius 2 is 2.07 bits per heavy atom. The summed E-state index contributed by atoms with van der Waals surface area (Å²) in [6, 6.07) is 9.82. The number of carbonyl (C=O) groups excluding carboxylic acids is 1. The number of nitrogens with zero attached hydrogens (tertiary/aromatic N) is 4. The van der Waals surface area contributed by atoms with Crippen LogP contribution in [0.5, 0.6) is 0 Å². The summed E-state index contributed by atoms with van der Waals surface area (Å²) >= 11 is 0. The van der Waals surface area contributed by atoms with Gasteiger partial charge in [0.1, 0.15) is 12.4 Å². The van der Waals surface area contributed by atoms with Gasteiger partial charge in [0.25, 0.3) is 0 Å². The van der Waals surface area contributed by atoms with Gasteiger partial charge in [-0.2, -0.15) is 0 Å². The molecule has 0 radical (unpaired) electrons. The number of nitrogens with one attached hydrogen (secondary N) is 2. The molecule has 158 valence electrons. The van der Waals surface area contributed by atoms with Crippen LogP contribution in [0.15, 0.2) is 47.7 Å². The Morgan fingerprint density at radius 1 is 1.31 bits per heavy atom. The average molecular weight is 510 g/mol. The van der Waals surface area contributed by atoms with Crippen molar-refractivity contribution >= 4 is 41.5 Å². The second-order valence-electron chi connectivity index (χ2n) is 7.47. The number of imidazole rings is 1. The minimum Gasteiger partial charge on any atom is -0.357 e. The van der Waals surface area contributed by atoms with Crippen LogP contribution in [0.3, 0.4) is 0 Å². The number of hydrogen-bond acceptors (Lipinski definition) is 3. The molecule has 1 aromatic heterocycles. The van der Waals surface area contributed by atoms with E-state index in [0.717, 1.165) is 24.6 Å². The molecular weight excluding hydrogens is 479 g/mol. The first kappa shape index (κ1) is 23.2. The average Bonchev–Trinajstić information content (AvgIpc) is 3.26. The van der Waals surface area contributed by atoms with Crippen LogP contribution in [0.25, 0.3) is 0 Å². The molecule has 1 amide bonds. The van der Waals surface area contributed by atoms with Crippen molar-refractivity contribution in [3.05, 3.63) is 48.5 Å². The number of aliphatic imine (C=N–C) groups is 1. The largest absolute Gasteiger partial charge is 0.357 e. The van der Waals surface area contributed by atoms with Crippen LogP contribution < -0.4 is 15.5 Å². The number of amides is 1. The van der Waals surface area contributed by atoms with E-state index < -0.39 is 0 Å². The van der Waals surface area contributed by atoms with E-state index in [1.165, 1.54) is 0 Å². The quantitative estimate of drug-likeness (QED) is 0.341. The van der Waals surface area contributed by atoms with Crippen molar-refractivity contribution in [3.8, 4) is 0 Å². The molecule has 1 aliphatic rings. The SMILES string of the molecule is CCNC(=NCc1nccn1CC(C)C)NC1CC(=O)N(c2ccccc2)C1.I. The van der Waals surface area contributed by atoms with Crippen molar-refractivity contribution < 1.29 is 4.79 Å². The molecule has 0 saturated carbocycles. The Labute approximate surface area is 190 Å². The molecule has 1 saturated heterocycles. The van der Waals surface area contributed by atoms with E-state index in [-0.39, 0.29) is 35.9 Å². The van der Waals surface area contributed by atoms with Crippen molar-refractivity contribution in [1.29, 1.82) is 0 Å². The predicted octanol–water partition coefficient (Wildman–Crippen LogP) is 3.02. The fourth-order valence-electron chi connectivity index (χ4n) is 3.38. The first-order valence-electron chi connectivity index (χ1n) is 9.97. The predicted molar refractivity (Wildman–Crippen MR) is 128 cm³/mol. The lowest BCUT2D eigenvalue weighted by Crippen LogP contribution is -2.44. The van der Waals surface area contributed by atoms with Crippen LogP contribution >= 0.6 is 24.0 Å². The number of carbonyl (C=O) groups is 1. The maximum atomic E-state index is 12.4. The summed E-state index contributed by atoms with van der Waals surface area (Å²) < 4.78 is 2.15. The lowest BCUT2D eigenvalue weighted by atomic mass is 10.2. The molecule has 1 unspecified atom stereocenters. The maximum Gasteiger partial charge on any atom is 0.229 e. The standard InChI is InChI=1S/C21H30N6O.HI/c1-4-22-21(24-13-19-23-10-11-26(19)14-16(2)3)25-17-12-20(28)27(15-17)18-8-6-5-7-9-18;/h5-11,16-17H,4,12-15H2,1-3H3,(H2,22,24,25);1H. The Balaban J connectivity index is 0.00000300. The summed E-state index contributed by atoms with van der Waals surface area (Å²) in [5.41, 5.74) is 0.939. The van der Waals surface area contributed by atoms with Crippen LogP contribution in [-0.2, 0) is 17.9 Å². The van der Waals surface area contributed by atoms with Crippen LogP contribution in [0.4, 0.5) is 5.69 Å². The second-order valence-corrected chi connectivity index (χ2v) is 7.47. The van der Waals surface area contributed by atoms with E-state index in [0.29, 0.717) is 31.4 Å². The van der Waals surface area contributed by atoms with Gasteiger partial charge < -0.3 is 20.1 Å². The van der Waals surface area contributed by atoms with Gasteiger partial charge in [0, 0.05) is 44.1 Å². The Morgan fingerprint density at radius 3 is 2.76 bits per heavy atom. The van der Waals surface area contributed by atoms with Gasteiger partial charge in [0.15, 0.2) is 5.96 Å². The van der Waals surface area contributed by atoms with E-state index >= 15 is 0 Å². The summed E-state index contributed by atoms with van der Waals surface area (Å²) in [6.45, 7) is 9.23. The summed E-state index contributed by atoms with van der Waals surface area (Å²) in [5, 5.41) is 6.68. The van der Waals surface area contributed by atoms with Gasteiger partial charge in [-0.1, -0.05) is 32.0 Å². The van der Waals surface area contributed by atoms with Crippen LogP contribution in [0.1, 0.15) is 33.0 Å². The molecule has 1 fully saturated rings. The number of halogens is 1. The molecule has 3 rings (SSSR count). The molecule has 1 atom stereocenters. The summed E-state index contributed by atoms with van der Waals surface area (Å²) in [4.78, 5) is 23.4. The molecular formula is C21H31IN6O. The van der Waals surface area contributed by atoms with Gasteiger partial charge in [-0.15, -0.1) is 24.0 Å². The Hall–Kier alpha value is -2.10. The topological polar surface area (TPSA) is 74.5 Å². The Bertz CT molecular complexity index is 805. The third kappa shape index (κ3) is 6.45. The van der Waals surface area contributed by atoms with Crippen LogP contribution in [-0.4, -0.2) is 40.5 Å². The smallest absolute Gasteiger partial charge is 0.229 e. The number of guanidine groups is 1.